The summed E-state index contributed by atoms with van der Waals surface area (Å²) in [4.78, 5) is 11.7. The Hall–Kier alpha value is -1.88. The summed E-state index contributed by atoms with van der Waals surface area (Å²) in [5, 5.41) is 0. The molecule has 0 aliphatic rings. The number of carbonyl (C=O) groups excluding carboxylic acids is 1. The molecule has 0 aromatic heterocycles. The summed E-state index contributed by atoms with van der Waals surface area (Å²) in [6.07, 6.45) is 3.50. The molecule has 0 fully saturated rings. The summed E-state index contributed by atoms with van der Waals surface area (Å²) in [5.74, 6) is 0.229. The predicted octanol–water partition coefficient (Wildman–Crippen LogP) is 2.69. The van der Waals surface area contributed by atoms with E-state index in [1.165, 1.54) is 19.1 Å². The van der Waals surface area contributed by atoms with Gasteiger partial charge in [0.2, 0.25) is 10.0 Å². The van der Waals surface area contributed by atoms with Crippen molar-refractivity contribution in [2.24, 2.45) is 5.92 Å². The van der Waals surface area contributed by atoms with E-state index in [0.29, 0.717) is 12.4 Å². The van der Waals surface area contributed by atoms with Gasteiger partial charge in [0, 0.05) is 0 Å². The molecule has 0 bridgehead atoms. The Kier molecular flexibility index (Phi) is 7.23. The number of ketones is 1. The lowest BCUT2D eigenvalue weighted by atomic mass is 10.0. The topological polar surface area (TPSA) is 72.5 Å². The number of Topliss-reactive ketones (excluding diaryl/α,β-unsaturated/α-hetero) is 1. The molecule has 0 radical (unpaired) electrons. The Balaban J connectivity index is 2.85. The van der Waals surface area contributed by atoms with Crippen molar-refractivity contribution in [1.29, 1.82) is 0 Å². The summed E-state index contributed by atoms with van der Waals surface area (Å²) >= 11 is 0. The van der Waals surface area contributed by atoms with Gasteiger partial charge in [-0.3, -0.25) is 4.79 Å². The Morgan fingerprint density at radius 2 is 1.91 bits per heavy atom. The quantitative estimate of drug-likeness (QED) is 0.740. The van der Waals surface area contributed by atoms with Crippen LogP contribution in [0.3, 0.4) is 0 Å². The SMILES string of the molecule is CC=C=CCOc1ccc(S(=O)(=O)NC(C(C)=O)C(C)C)cc1. The third-order valence-electron chi connectivity index (χ3n) is 3.14. The van der Waals surface area contributed by atoms with Gasteiger partial charge in [-0.2, -0.15) is 0 Å². The van der Waals surface area contributed by atoms with Crippen molar-refractivity contribution in [1.82, 2.24) is 4.72 Å². The molecule has 1 rings (SSSR count). The van der Waals surface area contributed by atoms with Gasteiger partial charge in [0.15, 0.2) is 0 Å². The van der Waals surface area contributed by atoms with E-state index in [0.717, 1.165) is 0 Å². The summed E-state index contributed by atoms with van der Waals surface area (Å²) in [7, 11) is -3.75. The second-order valence-corrected chi connectivity index (χ2v) is 7.11. The molecule has 23 heavy (non-hydrogen) atoms. The van der Waals surface area contributed by atoms with Gasteiger partial charge in [-0.05, 0) is 56.2 Å². The second kappa shape index (κ2) is 8.67. The number of sulfonamides is 1. The Bertz CT molecular complexity index is 684. The second-order valence-electron chi connectivity index (χ2n) is 5.40. The fraction of sp³-hybridized carbons (Fsp3) is 0.412. The van der Waals surface area contributed by atoms with Gasteiger partial charge in [0.1, 0.15) is 18.1 Å². The summed E-state index contributed by atoms with van der Waals surface area (Å²) in [6.45, 7) is 7.18. The molecule has 1 aromatic rings. The van der Waals surface area contributed by atoms with Crippen molar-refractivity contribution < 1.29 is 17.9 Å². The van der Waals surface area contributed by atoms with Gasteiger partial charge in [0.05, 0.1) is 10.9 Å². The highest BCUT2D eigenvalue weighted by Gasteiger charge is 2.25. The van der Waals surface area contributed by atoms with E-state index >= 15 is 0 Å². The Labute approximate surface area is 138 Å². The first-order valence-electron chi connectivity index (χ1n) is 7.39. The lowest BCUT2D eigenvalue weighted by Crippen LogP contribution is -2.43. The first kappa shape index (κ1) is 19.2. The van der Waals surface area contributed by atoms with Crippen LogP contribution in [0.15, 0.2) is 47.0 Å². The monoisotopic (exact) mass is 337 g/mol. The Morgan fingerprint density at radius 1 is 1.30 bits per heavy atom. The molecule has 6 heteroatoms. The molecule has 0 aliphatic heterocycles. The molecule has 1 atom stereocenters. The average molecular weight is 337 g/mol. The van der Waals surface area contributed by atoms with E-state index in [9.17, 15) is 13.2 Å². The zero-order valence-electron chi connectivity index (χ0n) is 13.9. The van der Waals surface area contributed by atoms with Crippen molar-refractivity contribution >= 4 is 15.8 Å². The van der Waals surface area contributed by atoms with Crippen LogP contribution < -0.4 is 9.46 Å². The molecule has 0 saturated carbocycles. The number of hydrogen-bond acceptors (Lipinski definition) is 4. The van der Waals surface area contributed by atoms with E-state index < -0.39 is 16.1 Å². The fourth-order valence-electron chi connectivity index (χ4n) is 1.94. The lowest BCUT2D eigenvalue weighted by Gasteiger charge is -2.19. The minimum absolute atomic E-state index is 0.0979. The number of rotatable bonds is 8. The normalized spacial score (nSPS) is 12.4. The van der Waals surface area contributed by atoms with Crippen molar-refractivity contribution in [3.8, 4) is 5.75 Å². The molecule has 126 valence electrons. The standard InChI is InChI=1S/C17H23NO4S/c1-5-6-7-12-22-15-8-10-16(11-9-15)23(20,21)18-17(13(2)3)14(4)19/h5,7-11,13,17-18H,12H2,1-4H3. The maximum atomic E-state index is 12.3. The highest BCUT2D eigenvalue weighted by Crippen LogP contribution is 2.17. The summed E-state index contributed by atoms with van der Waals surface area (Å²) in [5.41, 5.74) is 2.88. The molecular weight excluding hydrogens is 314 g/mol. The van der Waals surface area contributed by atoms with Crippen LogP contribution in [0.1, 0.15) is 27.7 Å². The summed E-state index contributed by atoms with van der Waals surface area (Å²) < 4.78 is 32.6. The van der Waals surface area contributed by atoms with Gasteiger partial charge in [-0.1, -0.05) is 13.8 Å². The van der Waals surface area contributed by atoms with E-state index in [2.05, 4.69) is 10.5 Å². The minimum Gasteiger partial charge on any atom is -0.489 e. The fourth-order valence-corrected chi connectivity index (χ4v) is 3.35. The van der Waals surface area contributed by atoms with E-state index in [4.69, 9.17) is 4.74 Å². The molecular formula is C17H23NO4S. The van der Waals surface area contributed by atoms with Crippen LogP contribution >= 0.6 is 0 Å². The molecule has 0 heterocycles. The molecule has 0 saturated heterocycles. The highest BCUT2D eigenvalue weighted by molar-refractivity contribution is 7.89. The third-order valence-corrected chi connectivity index (χ3v) is 4.60. The zero-order chi connectivity index (χ0) is 17.5. The van der Waals surface area contributed by atoms with Crippen molar-refractivity contribution in [3.63, 3.8) is 0 Å². The van der Waals surface area contributed by atoms with Crippen LogP contribution in [-0.2, 0) is 14.8 Å². The largest absolute Gasteiger partial charge is 0.489 e. The zero-order valence-corrected chi connectivity index (χ0v) is 14.7. The molecule has 1 N–H and O–H groups in total. The van der Waals surface area contributed by atoms with Crippen molar-refractivity contribution in [3.05, 3.63) is 42.1 Å². The van der Waals surface area contributed by atoms with Crippen molar-refractivity contribution in [2.75, 3.05) is 6.61 Å². The molecule has 1 aromatic carbocycles. The molecule has 0 amide bonds. The van der Waals surface area contributed by atoms with Crippen LogP contribution in [0.5, 0.6) is 5.75 Å². The van der Waals surface area contributed by atoms with Crippen LogP contribution in [0.25, 0.3) is 0 Å². The van der Waals surface area contributed by atoms with E-state index in [1.807, 2.05) is 6.92 Å². The first-order valence-corrected chi connectivity index (χ1v) is 8.87. The van der Waals surface area contributed by atoms with E-state index in [-0.39, 0.29) is 16.6 Å². The number of nitrogens with one attached hydrogen (secondary N) is 1. The number of ether oxygens (including phenoxy) is 1. The summed E-state index contributed by atoms with van der Waals surface area (Å²) in [6, 6.07) is 5.33. The smallest absolute Gasteiger partial charge is 0.241 e. The lowest BCUT2D eigenvalue weighted by molar-refractivity contribution is -0.119. The minimum atomic E-state index is -3.75. The van der Waals surface area contributed by atoms with E-state index in [1.54, 1.807) is 38.1 Å². The van der Waals surface area contributed by atoms with Gasteiger partial charge in [-0.25, -0.2) is 13.1 Å². The number of hydrogen-bond donors (Lipinski definition) is 1. The molecule has 0 spiro atoms. The van der Waals surface area contributed by atoms with Crippen LogP contribution in [-0.4, -0.2) is 26.8 Å². The highest BCUT2D eigenvalue weighted by atomic mass is 32.2. The Morgan fingerprint density at radius 3 is 2.39 bits per heavy atom. The van der Waals surface area contributed by atoms with Gasteiger partial charge in [0.25, 0.3) is 0 Å². The molecule has 5 nitrogen and oxygen atoms in total. The molecule has 0 aliphatic carbocycles. The predicted molar refractivity (Wildman–Crippen MR) is 89.9 cm³/mol. The average Bonchev–Trinajstić information content (AvgIpc) is 2.49. The maximum Gasteiger partial charge on any atom is 0.241 e. The maximum absolute atomic E-state index is 12.3. The molecule has 1 unspecified atom stereocenters. The van der Waals surface area contributed by atoms with Gasteiger partial charge >= 0.3 is 0 Å². The number of benzene rings is 1. The van der Waals surface area contributed by atoms with Crippen LogP contribution in [0.4, 0.5) is 0 Å². The van der Waals surface area contributed by atoms with Crippen LogP contribution in [0.2, 0.25) is 0 Å². The first-order chi connectivity index (χ1) is 10.8. The van der Waals surface area contributed by atoms with Gasteiger partial charge < -0.3 is 4.74 Å². The van der Waals surface area contributed by atoms with Gasteiger partial charge in [-0.15, -0.1) is 5.73 Å². The third kappa shape index (κ3) is 6.02. The number of carbonyl (C=O) groups is 1. The van der Waals surface area contributed by atoms with Crippen LogP contribution in [0, 0.1) is 5.92 Å². The van der Waals surface area contributed by atoms with Crippen molar-refractivity contribution in [2.45, 2.75) is 38.6 Å².